The molecule has 2 aromatic carbocycles. The van der Waals surface area contributed by atoms with Crippen LogP contribution in [0.3, 0.4) is 0 Å². The van der Waals surface area contributed by atoms with Crippen LogP contribution in [0.1, 0.15) is 86.2 Å². The normalized spacial score (nSPS) is 28.9. The molecule has 0 aromatic heterocycles. The summed E-state index contributed by atoms with van der Waals surface area (Å²) in [7, 11) is 1.67. The van der Waals surface area contributed by atoms with E-state index in [9.17, 15) is 44.7 Å². The molecule has 0 aliphatic carbocycles. The molecule has 4 rings (SSSR count). The molecule has 0 saturated carbocycles. The molecule has 8 atom stereocenters. The van der Waals surface area contributed by atoms with Crippen LogP contribution in [-0.4, -0.2) is 93.1 Å². The lowest BCUT2D eigenvalue weighted by Gasteiger charge is -2.20. The standard InChI is InChI=1S/C22H29NO5.C20H25NO6/c1-5-23-17-11-16-7-6-8-18(24)14(3)19(25)10-9-13(2)15(4)28-22(27)21(16)20(26)12-17;1-11-7-8-16(23)19(25)15(22)6-4-5-13-9-14(21-3)10-17(24)18(13)20(26)27-12(11)2/h6-7,9-15,18,23-24,26H,5,8H2,1-4H3;4-5,7-12,15,19,21-22,24-25H,6H2,1-3H3/b7-6+,10-9-;5-4+,8-7-/t13-,14?,15+,18+;11-,12+,15+,19?/m11/s1. The van der Waals surface area contributed by atoms with Gasteiger partial charge in [0.25, 0.3) is 0 Å². The van der Waals surface area contributed by atoms with E-state index in [0.29, 0.717) is 29.0 Å². The van der Waals surface area contributed by atoms with Crippen LogP contribution in [0.15, 0.2) is 60.7 Å². The molecule has 13 heteroatoms. The Bertz CT molecular complexity index is 1810. The van der Waals surface area contributed by atoms with Crippen molar-refractivity contribution in [1.82, 2.24) is 0 Å². The first kappa shape index (κ1) is 44.2. The van der Waals surface area contributed by atoms with Crippen LogP contribution in [0.4, 0.5) is 11.4 Å². The summed E-state index contributed by atoms with van der Waals surface area (Å²) >= 11 is 0. The Morgan fingerprint density at radius 2 is 1.11 bits per heavy atom. The number of ketones is 2. The Labute approximate surface area is 322 Å². The predicted molar refractivity (Wildman–Crippen MR) is 211 cm³/mol. The fourth-order valence-electron chi connectivity index (χ4n) is 5.56. The lowest BCUT2D eigenvalue weighted by Crippen LogP contribution is -2.32. The smallest absolute Gasteiger partial charge is 0.342 e. The Hall–Kier alpha value is -5.24. The maximum absolute atomic E-state index is 12.7. The molecule has 2 unspecified atom stereocenters. The highest BCUT2D eigenvalue weighted by Gasteiger charge is 2.27. The molecule has 2 aliphatic rings. The number of allylic oxidation sites excluding steroid dienone is 1. The number of rotatable bonds is 3. The topological polar surface area (TPSA) is 212 Å². The van der Waals surface area contributed by atoms with E-state index < -0.39 is 54.2 Å². The maximum Gasteiger partial charge on any atom is 0.342 e. The van der Waals surface area contributed by atoms with Gasteiger partial charge in [-0.3, -0.25) is 9.59 Å². The molecule has 0 saturated heterocycles. The van der Waals surface area contributed by atoms with Crippen molar-refractivity contribution in [3.05, 3.63) is 83.0 Å². The number of esters is 2. The number of hydrogen-bond acceptors (Lipinski definition) is 13. The van der Waals surface area contributed by atoms with E-state index in [1.165, 1.54) is 42.5 Å². The molecule has 13 nitrogen and oxygen atoms in total. The van der Waals surface area contributed by atoms with Crippen molar-refractivity contribution < 1.29 is 54.2 Å². The Balaban J connectivity index is 0.000000296. The SMILES string of the molecule is CCNc1cc(O)c2c(c1)/C=C/C[C@H](O)C(C)C(=O)/C=C\[C@@H](C)[C@H](C)OC2=O.CNc1cc(O)c2c(c1)/C=C/C[C@H](O)C(O)C(=O)/C=C\[C@@H](C)[C@H](C)OC2=O. The Morgan fingerprint density at radius 3 is 1.60 bits per heavy atom. The van der Waals surface area contributed by atoms with Gasteiger partial charge in [0.05, 0.1) is 12.2 Å². The first-order chi connectivity index (χ1) is 26.0. The minimum atomic E-state index is -1.55. The van der Waals surface area contributed by atoms with Crippen molar-refractivity contribution in [1.29, 1.82) is 0 Å². The number of phenols is 2. The van der Waals surface area contributed by atoms with Gasteiger partial charge < -0.3 is 45.6 Å². The van der Waals surface area contributed by atoms with Gasteiger partial charge in [-0.1, -0.05) is 57.2 Å². The number of hydrogen-bond donors (Lipinski definition) is 7. The van der Waals surface area contributed by atoms with Crippen LogP contribution in [0, 0.1) is 17.8 Å². The van der Waals surface area contributed by atoms with E-state index in [4.69, 9.17) is 9.47 Å². The Kier molecular flexibility index (Phi) is 16.4. The van der Waals surface area contributed by atoms with Crippen LogP contribution in [0.2, 0.25) is 0 Å². The summed E-state index contributed by atoms with van der Waals surface area (Å²) in [6.45, 7) is 11.3. The average molecular weight is 763 g/mol. The van der Waals surface area contributed by atoms with E-state index in [2.05, 4.69) is 10.6 Å². The molecule has 7 N–H and O–H groups in total. The number of fused-ring (bicyclic) bond motifs is 2. The lowest BCUT2D eigenvalue weighted by molar-refractivity contribution is -0.127. The fourth-order valence-corrected chi connectivity index (χ4v) is 5.56. The van der Waals surface area contributed by atoms with Gasteiger partial charge in [-0.15, -0.1) is 0 Å². The second-order valence-corrected chi connectivity index (χ2v) is 13.8. The van der Waals surface area contributed by atoms with E-state index >= 15 is 0 Å². The summed E-state index contributed by atoms with van der Waals surface area (Å²) in [5.74, 6) is -3.58. The van der Waals surface area contributed by atoms with Crippen molar-refractivity contribution in [2.75, 3.05) is 24.2 Å². The first-order valence-electron chi connectivity index (χ1n) is 18.4. The van der Waals surface area contributed by atoms with Gasteiger partial charge >= 0.3 is 11.9 Å². The number of carbonyl (C=O) groups is 4. The summed E-state index contributed by atoms with van der Waals surface area (Å²) in [6.07, 6.45) is 7.71. The van der Waals surface area contributed by atoms with E-state index in [-0.39, 0.29) is 53.1 Å². The number of anilines is 2. The van der Waals surface area contributed by atoms with Gasteiger partial charge in [0.15, 0.2) is 11.6 Å². The second kappa shape index (κ2) is 20.4. The number of cyclic esters (lactones) is 2. The molecular weight excluding hydrogens is 708 g/mol. The number of benzene rings is 2. The second-order valence-electron chi connectivity index (χ2n) is 13.8. The van der Waals surface area contributed by atoms with Gasteiger partial charge in [0.1, 0.15) is 40.9 Å². The highest BCUT2D eigenvalue weighted by molar-refractivity contribution is 5.99. The minimum absolute atomic E-state index is 0.00820. The largest absolute Gasteiger partial charge is 0.507 e. The van der Waals surface area contributed by atoms with E-state index in [1.807, 2.05) is 13.8 Å². The third-order valence-electron chi connectivity index (χ3n) is 9.60. The summed E-state index contributed by atoms with van der Waals surface area (Å²) in [4.78, 5) is 49.6. The van der Waals surface area contributed by atoms with Crippen LogP contribution < -0.4 is 10.6 Å². The molecule has 0 radical (unpaired) electrons. The number of nitrogens with one attached hydrogen (secondary N) is 2. The van der Waals surface area contributed by atoms with Crippen LogP contribution in [-0.2, 0) is 19.1 Å². The van der Waals surface area contributed by atoms with Gasteiger partial charge in [0.2, 0.25) is 0 Å². The number of carbonyl (C=O) groups excluding carboxylic acids is 4. The van der Waals surface area contributed by atoms with Crippen LogP contribution in [0.5, 0.6) is 11.5 Å². The van der Waals surface area contributed by atoms with Gasteiger partial charge in [-0.2, -0.15) is 0 Å². The van der Waals surface area contributed by atoms with Crippen molar-refractivity contribution in [3.63, 3.8) is 0 Å². The molecule has 0 spiro atoms. The molecule has 0 amide bonds. The Morgan fingerprint density at radius 1 is 0.655 bits per heavy atom. The summed E-state index contributed by atoms with van der Waals surface area (Å²) in [6, 6.07) is 6.31. The van der Waals surface area contributed by atoms with Gasteiger partial charge in [0, 0.05) is 54.9 Å². The molecule has 2 heterocycles. The van der Waals surface area contributed by atoms with Gasteiger partial charge in [-0.25, -0.2) is 9.59 Å². The van der Waals surface area contributed by atoms with Crippen molar-refractivity contribution in [3.8, 4) is 11.5 Å². The van der Waals surface area contributed by atoms with Crippen molar-refractivity contribution in [2.45, 2.75) is 84.9 Å². The molecule has 0 bridgehead atoms. The number of aliphatic hydroxyl groups is 3. The zero-order valence-electron chi connectivity index (χ0n) is 32.4. The molecule has 298 valence electrons. The molecule has 2 aromatic rings. The number of aliphatic hydroxyl groups excluding tert-OH is 3. The number of phenolic OH excluding ortho intramolecular Hbond substituents is 2. The predicted octanol–water partition coefficient (Wildman–Crippen LogP) is 5.42. The molecule has 0 fully saturated rings. The lowest BCUT2D eigenvalue weighted by atomic mass is 9.94. The summed E-state index contributed by atoms with van der Waals surface area (Å²) < 4.78 is 11.0. The monoisotopic (exact) mass is 762 g/mol. The highest BCUT2D eigenvalue weighted by atomic mass is 16.5. The molecule has 2 aliphatic heterocycles. The first-order valence-corrected chi connectivity index (χ1v) is 18.4. The highest BCUT2D eigenvalue weighted by Crippen LogP contribution is 2.31. The van der Waals surface area contributed by atoms with E-state index in [1.54, 1.807) is 65.1 Å². The van der Waals surface area contributed by atoms with Crippen LogP contribution >= 0.6 is 0 Å². The summed E-state index contributed by atoms with van der Waals surface area (Å²) in [5.41, 5.74) is 2.23. The van der Waals surface area contributed by atoms with Crippen LogP contribution in [0.25, 0.3) is 12.2 Å². The summed E-state index contributed by atoms with van der Waals surface area (Å²) in [5, 5.41) is 57.0. The number of ether oxygens (including phenoxy) is 2. The maximum atomic E-state index is 12.7. The molecular formula is C42H54N2O11. The molecule has 55 heavy (non-hydrogen) atoms. The number of aromatic hydroxyl groups is 2. The van der Waals surface area contributed by atoms with E-state index in [0.717, 1.165) is 0 Å². The minimum Gasteiger partial charge on any atom is -0.507 e. The third-order valence-corrected chi connectivity index (χ3v) is 9.60. The average Bonchev–Trinajstić information content (AvgIpc) is 3.13. The fraction of sp³-hybridized carbons (Fsp3) is 0.429. The third kappa shape index (κ3) is 12.1. The van der Waals surface area contributed by atoms with Crippen molar-refractivity contribution >= 4 is 47.0 Å². The zero-order chi connectivity index (χ0) is 41.0. The zero-order valence-corrected chi connectivity index (χ0v) is 32.4. The van der Waals surface area contributed by atoms with Crippen molar-refractivity contribution in [2.24, 2.45) is 17.8 Å². The quantitative estimate of drug-likeness (QED) is 0.195. The van der Waals surface area contributed by atoms with Gasteiger partial charge in [-0.05, 0) is 69.0 Å².